The van der Waals surface area contributed by atoms with Gasteiger partial charge in [-0.05, 0) is 0 Å². The number of ether oxygens (including phenoxy) is 1. The van der Waals surface area contributed by atoms with Gasteiger partial charge >= 0.3 is 5.97 Å². The summed E-state index contributed by atoms with van der Waals surface area (Å²) in [5.74, 6) is 0.0886. The number of hydrogen-bond acceptors (Lipinski definition) is 3. The molecule has 4 heteroatoms. The molecule has 3 rings (SSSR count). The zero-order valence-corrected chi connectivity index (χ0v) is 11.5. The molecule has 4 nitrogen and oxygen atoms in total. The number of aromatic nitrogens is 2. The lowest BCUT2D eigenvalue weighted by atomic mass is 10.1. The van der Waals surface area contributed by atoms with Crippen LogP contribution in [0.15, 0.2) is 60.7 Å². The van der Waals surface area contributed by atoms with Crippen LogP contribution in [0.1, 0.15) is 6.92 Å². The fourth-order valence-corrected chi connectivity index (χ4v) is 2.17. The van der Waals surface area contributed by atoms with Crippen molar-refractivity contribution < 1.29 is 9.53 Å². The summed E-state index contributed by atoms with van der Waals surface area (Å²) in [5.41, 5.74) is 3.14. The van der Waals surface area contributed by atoms with Crippen LogP contribution in [0, 0.1) is 0 Å². The molecule has 0 aliphatic carbocycles. The normalized spacial score (nSPS) is 10.3. The summed E-state index contributed by atoms with van der Waals surface area (Å²) in [6, 6.07) is 19.3. The minimum absolute atomic E-state index is 0.370. The van der Waals surface area contributed by atoms with E-state index in [2.05, 4.69) is 10.2 Å². The number of esters is 1. The van der Waals surface area contributed by atoms with E-state index in [1.54, 1.807) is 0 Å². The van der Waals surface area contributed by atoms with Crippen LogP contribution in [0.2, 0.25) is 0 Å². The SMILES string of the molecule is CC(=O)Oc1c(-c2ccccc2)n[nH]c1-c1ccccc1. The molecule has 104 valence electrons. The molecule has 0 fully saturated rings. The van der Waals surface area contributed by atoms with E-state index in [-0.39, 0.29) is 5.97 Å². The minimum Gasteiger partial charge on any atom is -0.422 e. The second-order valence-corrected chi connectivity index (χ2v) is 4.60. The Morgan fingerprint density at radius 2 is 1.52 bits per heavy atom. The average molecular weight is 278 g/mol. The van der Waals surface area contributed by atoms with Gasteiger partial charge in [-0.15, -0.1) is 0 Å². The van der Waals surface area contributed by atoms with Crippen molar-refractivity contribution in [3.63, 3.8) is 0 Å². The highest BCUT2D eigenvalue weighted by molar-refractivity contribution is 5.82. The molecule has 0 saturated heterocycles. The summed E-state index contributed by atoms with van der Waals surface area (Å²) < 4.78 is 5.39. The topological polar surface area (TPSA) is 55.0 Å². The third-order valence-corrected chi connectivity index (χ3v) is 3.08. The molecule has 2 aromatic carbocycles. The van der Waals surface area contributed by atoms with E-state index < -0.39 is 0 Å². The lowest BCUT2D eigenvalue weighted by Crippen LogP contribution is -2.02. The monoisotopic (exact) mass is 278 g/mol. The number of benzene rings is 2. The molecule has 0 unspecified atom stereocenters. The highest BCUT2D eigenvalue weighted by atomic mass is 16.5. The van der Waals surface area contributed by atoms with Gasteiger partial charge in [-0.1, -0.05) is 60.7 Å². The first-order chi connectivity index (χ1) is 10.3. The molecule has 0 radical (unpaired) electrons. The fraction of sp³-hybridized carbons (Fsp3) is 0.0588. The second-order valence-electron chi connectivity index (χ2n) is 4.60. The molecule has 0 aliphatic rings. The van der Waals surface area contributed by atoms with E-state index in [1.807, 2.05) is 60.7 Å². The van der Waals surface area contributed by atoms with Gasteiger partial charge in [0, 0.05) is 18.1 Å². The zero-order chi connectivity index (χ0) is 14.7. The fourth-order valence-electron chi connectivity index (χ4n) is 2.17. The molecular weight excluding hydrogens is 264 g/mol. The van der Waals surface area contributed by atoms with Crippen molar-refractivity contribution in [1.29, 1.82) is 0 Å². The Labute approximate surface area is 122 Å². The van der Waals surface area contributed by atoms with E-state index in [4.69, 9.17) is 4.74 Å². The molecule has 0 saturated carbocycles. The van der Waals surface area contributed by atoms with Crippen LogP contribution in [0.4, 0.5) is 0 Å². The number of nitrogens with one attached hydrogen (secondary N) is 1. The minimum atomic E-state index is -0.370. The molecule has 1 N–H and O–H groups in total. The molecule has 0 spiro atoms. The van der Waals surface area contributed by atoms with Crippen LogP contribution < -0.4 is 4.74 Å². The Balaban J connectivity index is 2.14. The highest BCUT2D eigenvalue weighted by Crippen LogP contribution is 2.36. The maximum absolute atomic E-state index is 11.4. The van der Waals surface area contributed by atoms with Gasteiger partial charge in [0.05, 0.1) is 0 Å². The van der Waals surface area contributed by atoms with E-state index >= 15 is 0 Å². The Kier molecular flexibility index (Phi) is 3.51. The van der Waals surface area contributed by atoms with Gasteiger partial charge in [-0.25, -0.2) is 0 Å². The van der Waals surface area contributed by atoms with Crippen molar-refractivity contribution in [2.24, 2.45) is 0 Å². The molecular formula is C17H14N2O2. The van der Waals surface area contributed by atoms with Crippen LogP contribution in [0.5, 0.6) is 5.75 Å². The maximum Gasteiger partial charge on any atom is 0.308 e. The smallest absolute Gasteiger partial charge is 0.308 e. The first kappa shape index (κ1) is 13.1. The van der Waals surface area contributed by atoms with E-state index in [9.17, 15) is 4.79 Å². The molecule has 0 bridgehead atoms. The maximum atomic E-state index is 11.4. The van der Waals surface area contributed by atoms with E-state index in [0.717, 1.165) is 11.1 Å². The van der Waals surface area contributed by atoms with E-state index in [1.165, 1.54) is 6.92 Å². The molecule has 3 aromatic rings. The zero-order valence-electron chi connectivity index (χ0n) is 11.5. The molecule has 0 aliphatic heterocycles. The number of carbonyl (C=O) groups excluding carboxylic acids is 1. The summed E-state index contributed by atoms with van der Waals surface area (Å²) in [6.45, 7) is 1.39. The van der Waals surface area contributed by atoms with Gasteiger partial charge in [0.25, 0.3) is 0 Å². The Morgan fingerprint density at radius 1 is 0.952 bits per heavy atom. The summed E-state index contributed by atoms with van der Waals surface area (Å²) >= 11 is 0. The van der Waals surface area contributed by atoms with Crippen LogP contribution in [0.25, 0.3) is 22.5 Å². The van der Waals surface area contributed by atoms with Crippen molar-refractivity contribution in [3.8, 4) is 28.3 Å². The Bertz CT molecular complexity index is 692. The van der Waals surface area contributed by atoms with Gasteiger partial charge < -0.3 is 4.74 Å². The predicted molar refractivity (Wildman–Crippen MR) is 80.8 cm³/mol. The number of nitrogens with zero attached hydrogens (tertiary/aromatic N) is 1. The van der Waals surface area contributed by atoms with Crippen molar-refractivity contribution in [3.05, 3.63) is 60.7 Å². The van der Waals surface area contributed by atoms with Crippen LogP contribution in [-0.4, -0.2) is 16.2 Å². The number of hydrogen-bond donors (Lipinski definition) is 1. The standard InChI is InChI=1S/C17H14N2O2/c1-12(20)21-17-15(13-8-4-2-5-9-13)18-19-16(17)14-10-6-3-7-11-14/h2-11H,1H3,(H,18,19). The van der Waals surface area contributed by atoms with Crippen molar-refractivity contribution in [1.82, 2.24) is 10.2 Å². The Morgan fingerprint density at radius 3 is 2.10 bits per heavy atom. The van der Waals surface area contributed by atoms with Crippen LogP contribution in [-0.2, 0) is 4.79 Å². The summed E-state index contributed by atoms with van der Waals surface area (Å²) in [4.78, 5) is 11.4. The number of carbonyl (C=O) groups is 1. The van der Waals surface area contributed by atoms with Gasteiger partial charge in [-0.2, -0.15) is 5.10 Å². The first-order valence-corrected chi connectivity index (χ1v) is 6.63. The lowest BCUT2D eigenvalue weighted by molar-refractivity contribution is -0.131. The highest BCUT2D eigenvalue weighted by Gasteiger charge is 2.19. The number of rotatable bonds is 3. The number of aromatic amines is 1. The summed E-state index contributed by atoms with van der Waals surface area (Å²) in [5, 5.41) is 7.28. The van der Waals surface area contributed by atoms with Gasteiger partial charge in [0.2, 0.25) is 0 Å². The van der Waals surface area contributed by atoms with Crippen LogP contribution in [0.3, 0.4) is 0 Å². The third-order valence-electron chi connectivity index (χ3n) is 3.08. The third kappa shape index (κ3) is 2.69. The molecule has 0 amide bonds. The number of H-pyrrole nitrogens is 1. The van der Waals surface area contributed by atoms with Crippen molar-refractivity contribution in [2.75, 3.05) is 0 Å². The molecule has 21 heavy (non-hydrogen) atoms. The lowest BCUT2D eigenvalue weighted by Gasteiger charge is -2.05. The molecule has 1 aromatic heterocycles. The van der Waals surface area contributed by atoms with Crippen molar-refractivity contribution >= 4 is 5.97 Å². The average Bonchev–Trinajstić information content (AvgIpc) is 2.92. The van der Waals surface area contributed by atoms with Crippen molar-refractivity contribution in [2.45, 2.75) is 6.92 Å². The Hall–Kier alpha value is -2.88. The van der Waals surface area contributed by atoms with Gasteiger partial charge in [0.1, 0.15) is 11.4 Å². The summed E-state index contributed by atoms with van der Waals surface area (Å²) in [7, 11) is 0. The first-order valence-electron chi connectivity index (χ1n) is 6.63. The summed E-state index contributed by atoms with van der Waals surface area (Å²) in [6.07, 6.45) is 0. The van der Waals surface area contributed by atoms with Gasteiger partial charge in [-0.3, -0.25) is 9.89 Å². The molecule has 0 atom stereocenters. The predicted octanol–water partition coefficient (Wildman–Crippen LogP) is 3.67. The van der Waals surface area contributed by atoms with E-state index in [0.29, 0.717) is 17.1 Å². The quantitative estimate of drug-likeness (QED) is 0.744. The second kappa shape index (κ2) is 5.63. The largest absolute Gasteiger partial charge is 0.422 e. The molecule has 1 heterocycles. The van der Waals surface area contributed by atoms with Crippen LogP contribution >= 0.6 is 0 Å². The van der Waals surface area contributed by atoms with Gasteiger partial charge in [0.15, 0.2) is 5.75 Å².